The second-order valence-electron chi connectivity index (χ2n) is 4.32. The fraction of sp³-hybridized carbons (Fsp3) is 0.267. The van der Waals surface area contributed by atoms with Crippen LogP contribution in [0.25, 0.3) is 0 Å². The molecule has 0 saturated carbocycles. The highest BCUT2D eigenvalue weighted by molar-refractivity contribution is 5.93. The molecule has 2 aromatic rings. The quantitative estimate of drug-likeness (QED) is 0.841. The minimum absolute atomic E-state index is 0.154. The second kappa shape index (κ2) is 7.23. The Morgan fingerprint density at radius 1 is 1.20 bits per heavy atom. The molecule has 5 heteroatoms. The van der Waals surface area contributed by atoms with Crippen LogP contribution < -0.4 is 10.6 Å². The lowest BCUT2D eigenvalue weighted by atomic mass is 10.2. The van der Waals surface area contributed by atoms with Crippen molar-refractivity contribution in [2.75, 3.05) is 18.4 Å². The van der Waals surface area contributed by atoms with E-state index >= 15 is 0 Å². The molecule has 2 aromatic heterocycles. The predicted octanol–water partition coefficient (Wildman–Crippen LogP) is 1.88. The Balaban J connectivity index is 1.87. The van der Waals surface area contributed by atoms with Crippen molar-refractivity contribution < 1.29 is 4.79 Å². The first kappa shape index (κ1) is 14.0. The summed E-state index contributed by atoms with van der Waals surface area (Å²) >= 11 is 0. The average molecular weight is 270 g/mol. The van der Waals surface area contributed by atoms with Crippen LogP contribution >= 0.6 is 0 Å². The molecule has 5 nitrogen and oxygen atoms in total. The third-order valence-electron chi connectivity index (χ3n) is 2.82. The van der Waals surface area contributed by atoms with Gasteiger partial charge >= 0.3 is 0 Å². The Morgan fingerprint density at radius 2 is 2.00 bits per heavy atom. The van der Waals surface area contributed by atoms with Gasteiger partial charge in [-0.15, -0.1) is 0 Å². The van der Waals surface area contributed by atoms with Gasteiger partial charge in [0.2, 0.25) is 0 Å². The van der Waals surface area contributed by atoms with Gasteiger partial charge in [-0.3, -0.25) is 14.8 Å². The molecule has 104 valence electrons. The maximum absolute atomic E-state index is 12.0. The summed E-state index contributed by atoms with van der Waals surface area (Å²) in [5.74, 6) is -0.154. The number of aromatic nitrogens is 2. The van der Waals surface area contributed by atoms with Gasteiger partial charge in [0.1, 0.15) is 5.69 Å². The summed E-state index contributed by atoms with van der Waals surface area (Å²) in [6, 6.07) is 7.48. The zero-order valence-electron chi connectivity index (χ0n) is 11.5. The first-order chi connectivity index (χ1) is 9.79. The van der Waals surface area contributed by atoms with Crippen LogP contribution in [0, 0.1) is 0 Å². The van der Waals surface area contributed by atoms with Gasteiger partial charge in [-0.1, -0.05) is 0 Å². The molecule has 1 amide bonds. The van der Waals surface area contributed by atoms with Crippen LogP contribution in [-0.4, -0.2) is 29.0 Å². The molecule has 2 N–H and O–H groups in total. The zero-order chi connectivity index (χ0) is 14.2. The monoisotopic (exact) mass is 270 g/mol. The number of pyridine rings is 2. The van der Waals surface area contributed by atoms with Gasteiger partial charge in [0, 0.05) is 37.4 Å². The molecule has 0 bridgehead atoms. The molecule has 0 atom stereocenters. The number of anilines is 1. The minimum Gasteiger partial charge on any atom is -0.385 e. The number of hydrogen-bond donors (Lipinski definition) is 2. The molecule has 0 aliphatic heterocycles. The Labute approximate surface area is 118 Å². The van der Waals surface area contributed by atoms with Crippen molar-refractivity contribution in [2.24, 2.45) is 0 Å². The number of hydrogen-bond acceptors (Lipinski definition) is 4. The van der Waals surface area contributed by atoms with Gasteiger partial charge < -0.3 is 10.6 Å². The van der Waals surface area contributed by atoms with E-state index in [1.165, 1.54) is 0 Å². The van der Waals surface area contributed by atoms with E-state index in [1.807, 2.05) is 25.1 Å². The van der Waals surface area contributed by atoms with Crippen LogP contribution in [0.15, 0.2) is 42.9 Å². The number of carbonyl (C=O) groups is 1. The lowest BCUT2D eigenvalue weighted by Gasteiger charge is -2.07. The standard InChI is InChI=1S/C15H18N4O/c1-2-17-13-6-10-18-14(11-13)15(20)19-9-5-12-3-7-16-8-4-12/h3-4,6-8,10-11H,2,5,9H2,1H3,(H,17,18)(H,19,20). The van der Waals surface area contributed by atoms with E-state index in [0.29, 0.717) is 12.2 Å². The summed E-state index contributed by atoms with van der Waals surface area (Å²) in [6.07, 6.45) is 5.91. The molecular formula is C15H18N4O. The molecule has 20 heavy (non-hydrogen) atoms. The number of rotatable bonds is 6. The highest BCUT2D eigenvalue weighted by Gasteiger charge is 2.07. The Morgan fingerprint density at radius 3 is 2.75 bits per heavy atom. The molecule has 0 unspecified atom stereocenters. The maximum Gasteiger partial charge on any atom is 0.269 e. The van der Waals surface area contributed by atoms with Crippen molar-refractivity contribution in [2.45, 2.75) is 13.3 Å². The normalized spacial score (nSPS) is 10.1. The van der Waals surface area contributed by atoms with Gasteiger partial charge in [0.05, 0.1) is 0 Å². The summed E-state index contributed by atoms with van der Waals surface area (Å²) in [6.45, 7) is 3.40. The van der Waals surface area contributed by atoms with Crippen LogP contribution in [-0.2, 0) is 6.42 Å². The summed E-state index contributed by atoms with van der Waals surface area (Å²) in [5.41, 5.74) is 2.48. The van der Waals surface area contributed by atoms with Gasteiger partial charge in [0.25, 0.3) is 5.91 Å². The maximum atomic E-state index is 12.0. The molecule has 0 aliphatic carbocycles. The number of carbonyl (C=O) groups excluding carboxylic acids is 1. The molecule has 0 aromatic carbocycles. The summed E-state index contributed by atoms with van der Waals surface area (Å²) in [4.78, 5) is 20.0. The van der Waals surface area contributed by atoms with Crippen LogP contribution in [0.3, 0.4) is 0 Å². The Hall–Kier alpha value is -2.43. The van der Waals surface area contributed by atoms with E-state index in [2.05, 4.69) is 20.6 Å². The highest BCUT2D eigenvalue weighted by atomic mass is 16.1. The fourth-order valence-corrected chi connectivity index (χ4v) is 1.83. The van der Waals surface area contributed by atoms with E-state index in [1.54, 1.807) is 24.7 Å². The fourth-order valence-electron chi connectivity index (χ4n) is 1.83. The first-order valence-electron chi connectivity index (χ1n) is 6.66. The first-order valence-corrected chi connectivity index (χ1v) is 6.66. The van der Waals surface area contributed by atoms with Crippen molar-refractivity contribution >= 4 is 11.6 Å². The van der Waals surface area contributed by atoms with Gasteiger partial charge in [-0.05, 0) is 43.2 Å². The SMILES string of the molecule is CCNc1ccnc(C(=O)NCCc2ccncc2)c1. The summed E-state index contributed by atoms with van der Waals surface area (Å²) in [7, 11) is 0. The lowest BCUT2D eigenvalue weighted by molar-refractivity contribution is 0.0949. The van der Waals surface area contributed by atoms with E-state index in [-0.39, 0.29) is 5.91 Å². The molecule has 0 aliphatic rings. The largest absolute Gasteiger partial charge is 0.385 e. The van der Waals surface area contributed by atoms with E-state index in [4.69, 9.17) is 0 Å². The second-order valence-corrected chi connectivity index (χ2v) is 4.32. The van der Waals surface area contributed by atoms with Crippen LogP contribution in [0.2, 0.25) is 0 Å². The van der Waals surface area contributed by atoms with Crippen molar-refractivity contribution in [3.05, 3.63) is 54.1 Å². The van der Waals surface area contributed by atoms with Crippen LogP contribution in [0.4, 0.5) is 5.69 Å². The van der Waals surface area contributed by atoms with Crippen molar-refractivity contribution in [1.29, 1.82) is 0 Å². The number of nitrogens with zero attached hydrogens (tertiary/aromatic N) is 2. The topological polar surface area (TPSA) is 66.9 Å². The van der Waals surface area contributed by atoms with Gasteiger partial charge in [-0.2, -0.15) is 0 Å². The van der Waals surface area contributed by atoms with Gasteiger partial charge in [-0.25, -0.2) is 0 Å². The minimum atomic E-state index is -0.154. The van der Waals surface area contributed by atoms with E-state index < -0.39 is 0 Å². The van der Waals surface area contributed by atoms with Gasteiger partial charge in [0.15, 0.2) is 0 Å². The molecule has 0 spiro atoms. The lowest BCUT2D eigenvalue weighted by Crippen LogP contribution is -2.26. The van der Waals surface area contributed by atoms with E-state index in [9.17, 15) is 4.79 Å². The third-order valence-corrected chi connectivity index (χ3v) is 2.82. The Bertz CT molecular complexity index is 557. The molecule has 2 rings (SSSR count). The van der Waals surface area contributed by atoms with Crippen LogP contribution in [0.1, 0.15) is 23.0 Å². The summed E-state index contributed by atoms with van der Waals surface area (Å²) < 4.78 is 0. The number of nitrogens with one attached hydrogen (secondary N) is 2. The number of amides is 1. The average Bonchev–Trinajstić information content (AvgIpc) is 2.49. The van der Waals surface area contributed by atoms with Crippen molar-refractivity contribution in [3.63, 3.8) is 0 Å². The third kappa shape index (κ3) is 4.05. The smallest absolute Gasteiger partial charge is 0.269 e. The van der Waals surface area contributed by atoms with Crippen LogP contribution in [0.5, 0.6) is 0 Å². The zero-order valence-corrected chi connectivity index (χ0v) is 11.5. The molecule has 0 saturated heterocycles. The van der Waals surface area contributed by atoms with E-state index in [0.717, 1.165) is 24.2 Å². The highest BCUT2D eigenvalue weighted by Crippen LogP contribution is 2.07. The summed E-state index contributed by atoms with van der Waals surface area (Å²) in [5, 5.41) is 6.02. The molecule has 0 fully saturated rings. The predicted molar refractivity (Wildman–Crippen MR) is 78.7 cm³/mol. The molecule has 0 radical (unpaired) electrons. The molecule has 2 heterocycles. The Kier molecular flexibility index (Phi) is 5.06. The van der Waals surface area contributed by atoms with Crippen molar-refractivity contribution in [1.82, 2.24) is 15.3 Å². The van der Waals surface area contributed by atoms with Crippen molar-refractivity contribution in [3.8, 4) is 0 Å². The molecular weight excluding hydrogens is 252 g/mol.